The van der Waals surface area contributed by atoms with Crippen LogP contribution >= 0.6 is 0 Å². The van der Waals surface area contributed by atoms with E-state index in [2.05, 4.69) is 21.2 Å². The second-order valence-corrected chi connectivity index (χ2v) is 6.10. The normalized spacial score (nSPS) is 10.5. The van der Waals surface area contributed by atoms with Gasteiger partial charge in [0, 0.05) is 11.7 Å². The first-order valence-corrected chi connectivity index (χ1v) is 8.65. The lowest BCUT2D eigenvalue weighted by Gasteiger charge is -2.09. The zero-order valence-corrected chi connectivity index (χ0v) is 15.6. The first-order valence-electron chi connectivity index (χ1n) is 8.65. The molecule has 0 spiro atoms. The molecule has 0 aromatic heterocycles. The van der Waals surface area contributed by atoms with Crippen molar-refractivity contribution < 1.29 is 19.1 Å². The van der Waals surface area contributed by atoms with E-state index < -0.39 is 11.8 Å². The van der Waals surface area contributed by atoms with Crippen molar-refractivity contribution in [2.45, 2.75) is 19.9 Å². The maximum Gasteiger partial charge on any atom is 0.329 e. The molecule has 2 aromatic rings. The molecule has 8 heteroatoms. The Morgan fingerprint density at radius 3 is 2.32 bits per heavy atom. The number of ether oxygens (including phenoxy) is 1. The van der Waals surface area contributed by atoms with E-state index in [4.69, 9.17) is 4.74 Å². The molecule has 0 fully saturated rings. The van der Waals surface area contributed by atoms with Crippen molar-refractivity contribution in [2.24, 2.45) is 5.10 Å². The average Bonchev–Trinajstić information content (AvgIpc) is 2.67. The summed E-state index contributed by atoms with van der Waals surface area (Å²) in [6, 6.07) is 15.4. The van der Waals surface area contributed by atoms with E-state index in [9.17, 15) is 14.4 Å². The molecule has 3 N–H and O–H groups in total. The average molecular weight is 382 g/mol. The topological polar surface area (TPSA) is 109 Å². The number of amides is 3. The maximum atomic E-state index is 11.7. The van der Waals surface area contributed by atoms with Gasteiger partial charge in [0.25, 0.3) is 5.91 Å². The van der Waals surface area contributed by atoms with E-state index in [1.54, 1.807) is 54.6 Å². The molecule has 0 saturated heterocycles. The van der Waals surface area contributed by atoms with Gasteiger partial charge in [0.15, 0.2) is 6.61 Å². The molecule has 0 aliphatic heterocycles. The number of hydrogen-bond acceptors (Lipinski definition) is 5. The summed E-state index contributed by atoms with van der Waals surface area (Å²) in [6.07, 6.45) is 1.39. The second-order valence-electron chi connectivity index (χ2n) is 6.10. The van der Waals surface area contributed by atoms with Gasteiger partial charge < -0.3 is 15.4 Å². The molecule has 0 unspecified atom stereocenters. The molecule has 0 atom stereocenters. The Kier molecular flexibility index (Phi) is 7.71. The number of hydrazone groups is 1. The highest BCUT2D eigenvalue weighted by Gasteiger charge is 2.12. The zero-order chi connectivity index (χ0) is 20.4. The molecule has 8 nitrogen and oxygen atoms in total. The lowest BCUT2D eigenvalue weighted by molar-refractivity contribution is -0.136. The van der Waals surface area contributed by atoms with Crippen molar-refractivity contribution in [3.63, 3.8) is 0 Å². The molecule has 146 valence electrons. The van der Waals surface area contributed by atoms with Gasteiger partial charge in [0.05, 0.1) is 6.21 Å². The fraction of sp³-hybridized carbons (Fsp3) is 0.200. The molecule has 2 aromatic carbocycles. The lowest BCUT2D eigenvalue weighted by Crippen LogP contribution is -2.34. The minimum atomic E-state index is -0.878. The highest BCUT2D eigenvalue weighted by molar-refractivity contribution is 6.39. The summed E-state index contributed by atoms with van der Waals surface area (Å²) >= 11 is 0. The Bertz CT molecular complexity index is 833. The number of carbonyl (C=O) groups excluding carboxylic acids is 3. The summed E-state index contributed by atoms with van der Waals surface area (Å²) in [5, 5.41) is 8.94. The van der Waals surface area contributed by atoms with Crippen LogP contribution in [0.2, 0.25) is 0 Å². The van der Waals surface area contributed by atoms with Gasteiger partial charge in [0.1, 0.15) is 5.75 Å². The van der Waals surface area contributed by atoms with Crippen LogP contribution in [0.25, 0.3) is 0 Å². The van der Waals surface area contributed by atoms with E-state index in [0.29, 0.717) is 17.0 Å². The number of hydrogen-bond donors (Lipinski definition) is 3. The molecule has 0 aliphatic carbocycles. The minimum absolute atomic E-state index is 0.0553. The van der Waals surface area contributed by atoms with Gasteiger partial charge >= 0.3 is 11.8 Å². The number of anilines is 1. The van der Waals surface area contributed by atoms with Crippen LogP contribution in [0.1, 0.15) is 19.4 Å². The van der Waals surface area contributed by atoms with E-state index in [1.807, 2.05) is 13.8 Å². The van der Waals surface area contributed by atoms with E-state index in [-0.39, 0.29) is 18.6 Å². The number of benzene rings is 2. The van der Waals surface area contributed by atoms with Crippen LogP contribution in [-0.4, -0.2) is 36.6 Å². The first kappa shape index (κ1) is 20.6. The fourth-order valence-corrected chi connectivity index (χ4v) is 2.09. The molecule has 3 amide bonds. The number of rotatable bonds is 7. The van der Waals surface area contributed by atoms with Crippen LogP contribution in [0, 0.1) is 0 Å². The Balaban J connectivity index is 1.78. The third kappa shape index (κ3) is 7.28. The van der Waals surface area contributed by atoms with Gasteiger partial charge in [-0.2, -0.15) is 5.10 Å². The fourth-order valence-electron chi connectivity index (χ4n) is 2.09. The molecule has 0 saturated carbocycles. The van der Waals surface area contributed by atoms with Gasteiger partial charge in [-0.1, -0.05) is 18.2 Å². The quantitative estimate of drug-likeness (QED) is 0.384. The van der Waals surface area contributed by atoms with Gasteiger partial charge in [-0.3, -0.25) is 14.4 Å². The lowest BCUT2D eigenvalue weighted by atomic mass is 10.2. The minimum Gasteiger partial charge on any atom is -0.484 e. The summed E-state index contributed by atoms with van der Waals surface area (Å²) in [5.41, 5.74) is 3.36. The molecular weight excluding hydrogens is 360 g/mol. The van der Waals surface area contributed by atoms with Gasteiger partial charge in [-0.15, -0.1) is 0 Å². The largest absolute Gasteiger partial charge is 0.484 e. The van der Waals surface area contributed by atoms with Crippen molar-refractivity contribution in [3.05, 3.63) is 60.2 Å². The van der Waals surface area contributed by atoms with Crippen molar-refractivity contribution >= 4 is 29.6 Å². The summed E-state index contributed by atoms with van der Waals surface area (Å²) in [6.45, 7) is 3.67. The van der Waals surface area contributed by atoms with Crippen LogP contribution in [0.15, 0.2) is 59.7 Å². The van der Waals surface area contributed by atoms with Crippen LogP contribution in [0.3, 0.4) is 0 Å². The monoisotopic (exact) mass is 382 g/mol. The van der Waals surface area contributed by atoms with Gasteiger partial charge in [0.2, 0.25) is 0 Å². The van der Waals surface area contributed by atoms with Gasteiger partial charge in [-0.05, 0) is 55.8 Å². The van der Waals surface area contributed by atoms with Crippen LogP contribution in [0.4, 0.5) is 5.69 Å². The number of nitrogens with one attached hydrogen (secondary N) is 3. The Morgan fingerprint density at radius 1 is 1.00 bits per heavy atom. The number of nitrogens with zero attached hydrogens (tertiary/aromatic N) is 1. The molecule has 0 radical (unpaired) electrons. The summed E-state index contributed by atoms with van der Waals surface area (Å²) in [5.74, 6) is -1.36. The van der Waals surface area contributed by atoms with Gasteiger partial charge in [-0.25, -0.2) is 5.43 Å². The highest BCUT2D eigenvalue weighted by Crippen LogP contribution is 2.11. The van der Waals surface area contributed by atoms with Crippen LogP contribution < -0.4 is 20.8 Å². The van der Waals surface area contributed by atoms with Crippen molar-refractivity contribution in [2.75, 3.05) is 11.9 Å². The van der Waals surface area contributed by atoms with E-state index in [0.717, 1.165) is 0 Å². The standard InChI is InChI=1S/C20H22N4O4/c1-14(2)22-18(25)13-28-17-10-8-15(9-11-17)12-21-24-20(27)19(26)23-16-6-4-3-5-7-16/h3-12,14H,13H2,1-2H3,(H,22,25)(H,23,26)(H,24,27)/b21-12-. The molecular formula is C20H22N4O4. The summed E-state index contributed by atoms with van der Waals surface area (Å²) in [4.78, 5) is 35.0. The third-order valence-electron chi connectivity index (χ3n) is 3.32. The van der Waals surface area contributed by atoms with Crippen molar-refractivity contribution in [1.82, 2.24) is 10.7 Å². The number of para-hydroxylation sites is 1. The summed E-state index contributed by atoms with van der Waals surface area (Å²) in [7, 11) is 0. The molecule has 0 aliphatic rings. The number of carbonyl (C=O) groups is 3. The predicted molar refractivity (Wildman–Crippen MR) is 106 cm³/mol. The Morgan fingerprint density at radius 2 is 1.68 bits per heavy atom. The molecule has 0 heterocycles. The Labute approximate surface area is 163 Å². The van der Waals surface area contributed by atoms with Crippen LogP contribution in [-0.2, 0) is 14.4 Å². The van der Waals surface area contributed by atoms with E-state index >= 15 is 0 Å². The van der Waals surface area contributed by atoms with Crippen LogP contribution in [0.5, 0.6) is 5.75 Å². The highest BCUT2D eigenvalue weighted by atomic mass is 16.5. The molecule has 2 rings (SSSR count). The van der Waals surface area contributed by atoms with Crippen molar-refractivity contribution in [3.8, 4) is 5.75 Å². The Hall–Kier alpha value is -3.68. The first-order chi connectivity index (χ1) is 13.4. The summed E-state index contributed by atoms with van der Waals surface area (Å²) < 4.78 is 5.38. The SMILES string of the molecule is CC(C)NC(=O)COc1ccc(/C=N\NC(=O)C(=O)Nc2ccccc2)cc1. The molecule has 28 heavy (non-hydrogen) atoms. The predicted octanol–water partition coefficient (Wildman–Crippen LogP) is 1.68. The molecule has 0 bridgehead atoms. The van der Waals surface area contributed by atoms with E-state index in [1.165, 1.54) is 6.21 Å². The second kappa shape index (κ2) is 10.5. The smallest absolute Gasteiger partial charge is 0.329 e. The maximum absolute atomic E-state index is 11.7. The van der Waals surface area contributed by atoms with Crippen molar-refractivity contribution in [1.29, 1.82) is 0 Å². The zero-order valence-electron chi connectivity index (χ0n) is 15.6. The third-order valence-corrected chi connectivity index (χ3v) is 3.32.